The number of benzene rings is 2. The average Bonchev–Trinajstić information content (AvgIpc) is 2.47. The highest BCUT2D eigenvalue weighted by molar-refractivity contribution is 6.30. The first kappa shape index (κ1) is 14.6. The van der Waals surface area contributed by atoms with Crippen molar-refractivity contribution >= 4 is 23.2 Å². The zero-order valence-electron chi connectivity index (χ0n) is 11.5. The van der Waals surface area contributed by atoms with Crippen LogP contribution in [0.5, 0.6) is 0 Å². The van der Waals surface area contributed by atoms with Gasteiger partial charge in [0, 0.05) is 23.3 Å². The molecular formula is C17H17ClNO. The molecule has 103 valence electrons. The maximum atomic E-state index is 12.5. The van der Waals surface area contributed by atoms with E-state index in [9.17, 15) is 4.79 Å². The second-order valence-corrected chi connectivity index (χ2v) is 5.04. The largest absolute Gasteiger partial charge is 0.311 e. The summed E-state index contributed by atoms with van der Waals surface area (Å²) in [6.07, 6.45) is 1.66. The van der Waals surface area contributed by atoms with Crippen LogP contribution in [0.25, 0.3) is 0 Å². The van der Waals surface area contributed by atoms with Gasteiger partial charge >= 0.3 is 0 Å². The highest BCUT2D eigenvalue weighted by atomic mass is 35.5. The van der Waals surface area contributed by atoms with Crippen LogP contribution in [0.15, 0.2) is 48.5 Å². The summed E-state index contributed by atoms with van der Waals surface area (Å²) >= 11 is 5.85. The first-order chi connectivity index (χ1) is 9.63. The molecule has 1 amide bonds. The number of hydrogen-bond acceptors (Lipinski definition) is 1. The summed E-state index contributed by atoms with van der Waals surface area (Å²) in [7, 11) is 1.79. The van der Waals surface area contributed by atoms with E-state index in [4.69, 9.17) is 11.6 Å². The average molecular weight is 287 g/mol. The molecule has 0 spiro atoms. The van der Waals surface area contributed by atoms with Crippen LogP contribution in [-0.2, 0) is 6.42 Å². The number of anilines is 1. The van der Waals surface area contributed by atoms with Crippen LogP contribution < -0.4 is 4.90 Å². The van der Waals surface area contributed by atoms with Crippen LogP contribution in [0.4, 0.5) is 5.69 Å². The molecule has 0 saturated carbocycles. The van der Waals surface area contributed by atoms with Gasteiger partial charge in [0.2, 0.25) is 0 Å². The van der Waals surface area contributed by atoms with Gasteiger partial charge in [0.25, 0.3) is 5.91 Å². The number of carbonyl (C=O) groups is 1. The Morgan fingerprint density at radius 2 is 1.80 bits per heavy atom. The second kappa shape index (κ2) is 6.58. The molecule has 2 rings (SSSR count). The highest BCUT2D eigenvalue weighted by Crippen LogP contribution is 2.22. The van der Waals surface area contributed by atoms with Gasteiger partial charge in [0.05, 0.1) is 0 Å². The third kappa shape index (κ3) is 3.20. The number of para-hydroxylation sites is 1. The highest BCUT2D eigenvalue weighted by Gasteiger charge is 2.15. The minimum Gasteiger partial charge on any atom is -0.311 e. The molecule has 0 N–H and O–H groups in total. The number of halogens is 1. The Hall–Kier alpha value is -1.80. The van der Waals surface area contributed by atoms with Gasteiger partial charge in [-0.1, -0.05) is 36.7 Å². The zero-order chi connectivity index (χ0) is 14.5. The van der Waals surface area contributed by atoms with Crippen LogP contribution in [0.2, 0.25) is 5.02 Å². The molecule has 0 saturated heterocycles. The zero-order valence-corrected chi connectivity index (χ0v) is 12.2. The molecule has 0 heterocycles. The summed E-state index contributed by atoms with van der Waals surface area (Å²) < 4.78 is 0. The van der Waals surface area contributed by atoms with Gasteiger partial charge < -0.3 is 4.90 Å². The molecule has 0 aromatic heterocycles. The lowest BCUT2D eigenvalue weighted by molar-refractivity contribution is 0.0993. The van der Waals surface area contributed by atoms with Crippen molar-refractivity contribution in [3.05, 3.63) is 71.6 Å². The Labute approximate surface area is 125 Å². The van der Waals surface area contributed by atoms with E-state index in [-0.39, 0.29) is 5.91 Å². The van der Waals surface area contributed by atoms with Crippen molar-refractivity contribution in [2.75, 3.05) is 11.9 Å². The monoisotopic (exact) mass is 286 g/mol. The van der Waals surface area contributed by atoms with Gasteiger partial charge in [-0.15, -0.1) is 0 Å². The third-order valence-corrected chi connectivity index (χ3v) is 3.45. The quantitative estimate of drug-likeness (QED) is 0.816. The first-order valence-electron chi connectivity index (χ1n) is 6.54. The summed E-state index contributed by atoms with van der Waals surface area (Å²) in [4.78, 5) is 14.2. The van der Waals surface area contributed by atoms with Crippen molar-refractivity contribution < 1.29 is 4.79 Å². The van der Waals surface area contributed by atoms with Crippen molar-refractivity contribution in [3.63, 3.8) is 0 Å². The lowest BCUT2D eigenvalue weighted by Gasteiger charge is -2.20. The lowest BCUT2D eigenvalue weighted by atomic mass is 10.1. The Morgan fingerprint density at radius 1 is 1.15 bits per heavy atom. The van der Waals surface area contributed by atoms with Crippen LogP contribution in [0, 0.1) is 6.92 Å². The third-order valence-electron chi connectivity index (χ3n) is 3.19. The molecule has 0 aliphatic carbocycles. The van der Waals surface area contributed by atoms with Gasteiger partial charge in [-0.05, 0) is 48.7 Å². The number of hydrogen-bond donors (Lipinski definition) is 0. The van der Waals surface area contributed by atoms with Crippen LogP contribution in [0.3, 0.4) is 0 Å². The molecule has 0 aliphatic rings. The Kier molecular flexibility index (Phi) is 4.80. The molecule has 3 heteroatoms. The van der Waals surface area contributed by atoms with E-state index in [0.717, 1.165) is 24.1 Å². The molecular weight excluding hydrogens is 270 g/mol. The van der Waals surface area contributed by atoms with Gasteiger partial charge in [0.1, 0.15) is 0 Å². The summed E-state index contributed by atoms with van der Waals surface area (Å²) in [5.74, 6) is -0.0434. The lowest BCUT2D eigenvalue weighted by Crippen LogP contribution is -2.27. The van der Waals surface area contributed by atoms with Crippen molar-refractivity contribution in [1.82, 2.24) is 0 Å². The molecule has 0 fully saturated rings. The van der Waals surface area contributed by atoms with Gasteiger partial charge in [-0.25, -0.2) is 0 Å². The molecule has 0 bridgehead atoms. The predicted octanol–water partition coefficient (Wildman–Crippen LogP) is 4.38. The van der Waals surface area contributed by atoms with E-state index in [1.165, 1.54) is 0 Å². The van der Waals surface area contributed by atoms with Crippen molar-refractivity contribution in [2.24, 2.45) is 0 Å². The van der Waals surface area contributed by atoms with Crippen LogP contribution >= 0.6 is 11.6 Å². The predicted molar refractivity (Wildman–Crippen MR) is 84.3 cm³/mol. The summed E-state index contributed by atoms with van der Waals surface area (Å²) in [6.45, 7) is 3.88. The molecule has 0 aliphatic heterocycles. The molecule has 2 nitrogen and oxygen atoms in total. The molecule has 1 radical (unpaired) electrons. The van der Waals surface area contributed by atoms with Crippen molar-refractivity contribution in [2.45, 2.75) is 12.8 Å². The standard InChI is InChI=1S/C17H17ClNO/c1-3-6-13-7-4-5-8-16(13)19(2)17(20)14-9-11-15(18)12-10-14/h4-5,7-12H,1,3,6H2,2H3. The van der Waals surface area contributed by atoms with Crippen molar-refractivity contribution in [1.29, 1.82) is 0 Å². The SMILES string of the molecule is [CH2]CCc1ccccc1N(C)C(=O)c1ccc(Cl)cc1. The maximum Gasteiger partial charge on any atom is 0.258 e. The van der Waals surface area contributed by atoms with E-state index in [1.807, 2.05) is 24.3 Å². The first-order valence-corrected chi connectivity index (χ1v) is 6.92. The minimum absolute atomic E-state index is 0.0434. The number of rotatable bonds is 4. The number of aryl methyl sites for hydroxylation is 1. The second-order valence-electron chi connectivity index (χ2n) is 4.60. The molecule has 2 aromatic rings. The van der Waals surface area contributed by atoms with E-state index in [1.54, 1.807) is 36.2 Å². The van der Waals surface area contributed by atoms with E-state index in [0.29, 0.717) is 10.6 Å². The Bertz CT molecular complexity index is 592. The smallest absolute Gasteiger partial charge is 0.258 e. The van der Waals surface area contributed by atoms with E-state index >= 15 is 0 Å². The Morgan fingerprint density at radius 3 is 2.45 bits per heavy atom. The molecule has 0 atom stereocenters. The normalized spacial score (nSPS) is 10.3. The van der Waals surface area contributed by atoms with Gasteiger partial charge in [-0.2, -0.15) is 0 Å². The number of nitrogens with zero attached hydrogens (tertiary/aromatic N) is 1. The molecule has 0 unspecified atom stereocenters. The van der Waals surface area contributed by atoms with Crippen molar-refractivity contribution in [3.8, 4) is 0 Å². The van der Waals surface area contributed by atoms with Gasteiger partial charge in [-0.3, -0.25) is 4.79 Å². The number of carbonyl (C=O) groups excluding carboxylic acids is 1. The summed E-state index contributed by atoms with van der Waals surface area (Å²) in [6, 6.07) is 14.8. The van der Waals surface area contributed by atoms with Gasteiger partial charge in [0.15, 0.2) is 0 Å². The molecule has 2 aromatic carbocycles. The number of amides is 1. The van der Waals surface area contributed by atoms with E-state index < -0.39 is 0 Å². The van der Waals surface area contributed by atoms with Crippen LogP contribution in [-0.4, -0.2) is 13.0 Å². The van der Waals surface area contributed by atoms with E-state index in [2.05, 4.69) is 6.92 Å². The summed E-state index contributed by atoms with van der Waals surface area (Å²) in [5, 5.41) is 0.627. The van der Waals surface area contributed by atoms with Crippen LogP contribution in [0.1, 0.15) is 22.3 Å². The molecule has 20 heavy (non-hydrogen) atoms. The fraction of sp³-hybridized carbons (Fsp3) is 0.176. The fourth-order valence-corrected chi connectivity index (χ4v) is 2.26. The maximum absolute atomic E-state index is 12.5. The Balaban J connectivity index is 2.28. The minimum atomic E-state index is -0.0434. The topological polar surface area (TPSA) is 20.3 Å². The summed E-state index contributed by atoms with van der Waals surface area (Å²) in [5.41, 5.74) is 2.68. The fourth-order valence-electron chi connectivity index (χ4n) is 2.14.